The Morgan fingerprint density at radius 2 is 2.30 bits per heavy atom. The molecule has 2 aromatic rings. The minimum Gasteiger partial charge on any atom is -0.296 e. The van der Waals surface area contributed by atoms with Crippen LogP contribution in [0.5, 0.6) is 0 Å². The van der Waals surface area contributed by atoms with E-state index in [0.717, 1.165) is 21.9 Å². The SMILES string of the molecule is CC1CCN(Cc2nc3cccnc3s2)CCS1(=O)=O. The summed E-state index contributed by atoms with van der Waals surface area (Å²) in [4.78, 5) is 12.0. The molecule has 7 heteroatoms. The molecule has 0 N–H and O–H groups in total. The second kappa shape index (κ2) is 5.38. The first-order valence-corrected chi connectivity index (χ1v) is 9.22. The van der Waals surface area contributed by atoms with Gasteiger partial charge >= 0.3 is 0 Å². The lowest BCUT2D eigenvalue weighted by Gasteiger charge is -2.17. The lowest BCUT2D eigenvalue weighted by atomic mass is 10.3. The molecule has 0 radical (unpaired) electrons. The van der Waals surface area contributed by atoms with Gasteiger partial charge in [-0.25, -0.2) is 18.4 Å². The molecule has 20 heavy (non-hydrogen) atoms. The second-order valence-corrected chi connectivity index (χ2v) is 8.78. The van der Waals surface area contributed by atoms with Crippen molar-refractivity contribution >= 4 is 31.5 Å². The van der Waals surface area contributed by atoms with Gasteiger partial charge < -0.3 is 0 Å². The molecule has 1 atom stereocenters. The highest BCUT2D eigenvalue weighted by atomic mass is 32.2. The highest BCUT2D eigenvalue weighted by Crippen LogP contribution is 2.22. The summed E-state index contributed by atoms with van der Waals surface area (Å²) in [5.74, 6) is 0.247. The van der Waals surface area contributed by atoms with Gasteiger partial charge in [-0.15, -0.1) is 0 Å². The van der Waals surface area contributed by atoms with Gasteiger partial charge in [-0.2, -0.15) is 0 Å². The summed E-state index contributed by atoms with van der Waals surface area (Å²) in [7, 11) is -2.92. The van der Waals surface area contributed by atoms with E-state index in [1.807, 2.05) is 12.1 Å². The Kier molecular flexibility index (Phi) is 3.74. The highest BCUT2D eigenvalue weighted by Gasteiger charge is 2.26. The summed E-state index contributed by atoms with van der Waals surface area (Å²) >= 11 is 1.59. The average molecular weight is 311 g/mol. The molecular weight excluding hydrogens is 294 g/mol. The standard InChI is InChI=1S/C13H17N3O2S2/c1-10-4-6-16(7-8-20(10,17)18)9-12-15-11-3-2-5-14-13(11)19-12/h2-3,5,10H,4,6-9H2,1H3. The minimum atomic E-state index is -2.92. The molecule has 3 rings (SSSR count). The number of fused-ring (bicyclic) bond motifs is 1. The van der Waals surface area contributed by atoms with E-state index >= 15 is 0 Å². The molecule has 1 unspecified atom stereocenters. The van der Waals surface area contributed by atoms with Crippen molar-refractivity contribution in [3.05, 3.63) is 23.3 Å². The van der Waals surface area contributed by atoms with Crippen LogP contribution in [-0.4, -0.2) is 47.4 Å². The van der Waals surface area contributed by atoms with Crippen molar-refractivity contribution in [3.63, 3.8) is 0 Å². The number of hydrogen-bond acceptors (Lipinski definition) is 6. The number of pyridine rings is 1. The highest BCUT2D eigenvalue weighted by molar-refractivity contribution is 7.92. The van der Waals surface area contributed by atoms with Gasteiger partial charge in [0.2, 0.25) is 0 Å². The molecule has 108 valence electrons. The Balaban J connectivity index is 1.74. The van der Waals surface area contributed by atoms with Gasteiger partial charge in [0.1, 0.15) is 15.4 Å². The molecule has 0 amide bonds. The van der Waals surface area contributed by atoms with Crippen LogP contribution in [0.3, 0.4) is 0 Å². The zero-order valence-corrected chi connectivity index (χ0v) is 13.0. The van der Waals surface area contributed by atoms with Gasteiger partial charge in [0.05, 0.1) is 17.5 Å². The molecule has 1 fully saturated rings. The van der Waals surface area contributed by atoms with Crippen molar-refractivity contribution in [2.24, 2.45) is 0 Å². The van der Waals surface area contributed by atoms with Crippen LogP contribution in [0.15, 0.2) is 18.3 Å². The van der Waals surface area contributed by atoms with E-state index in [9.17, 15) is 8.42 Å². The Bertz CT molecular complexity index is 678. The van der Waals surface area contributed by atoms with E-state index in [0.29, 0.717) is 19.5 Å². The van der Waals surface area contributed by atoms with Gasteiger partial charge in [-0.3, -0.25) is 4.90 Å². The van der Waals surface area contributed by atoms with Crippen molar-refractivity contribution in [2.45, 2.75) is 25.1 Å². The largest absolute Gasteiger partial charge is 0.296 e. The third-order valence-corrected chi connectivity index (χ3v) is 6.90. The van der Waals surface area contributed by atoms with Crippen molar-refractivity contribution in [1.82, 2.24) is 14.9 Å². The molecule has 2 aromatic heterocycles. The van der Waals surface area contributed by atoms with Crippen molar-refractivity contribution in [3.8, 4) is 0 Å². The monoisotopic (exact) mass is 311 g/mol. The normalized spacial score (nSPS) is 23.8. The smallest absolute Gasteiger partial charge is 0.154 e. The fraction of sp³-hybridized carbons (Fsp3) is 0.538. The number of sulfone groups is 1. The molecule has 0 aliphatic carbocycles. The second-order valence-electron chi connectivity index (χ2n) is 5.18. The molecule has 5 nitrogen and oxygen atoms in total. The third-order valence-electron chi connectivity index (χ3n) is 3.73. The summed E-state index contributed by atoms with van der Waals surface area (Å²) in [6.07, 6.45) is 2.47. The maximum Gasteiger partial charge on any atom is 0.154 e. The molecule has 1 aliphatic rings. The van der Waals surface area contributed by atoms with E-state index in [1.165, 1.54) is 0 Å². The maximum absolute atomic E-state index is 11.9. The molecule has 0 spiro atoms. The molecular formula is C13H17N3O2S2. The topological polar surface area (TPSA) is 63.2 Å². The summed E-state index contributed by atoms with van der Waals surface area (Å²) in [6.45, 7) is 3.92. The van der Waals surface area contributed by atoms with Crippen molar-refractivity contribution in [1.29, 1.82) is 0 Å². The van der Waals surface area contributed by atoms with E-state index < -0.39 is 9.84 Å². The predicted molar refractivity (Wildman–Crippen MR) is 80.6 cm³/mol. The molecule has 0 saturated carbocycles. The first kappa shape index (κ1) is 13.9. The molecule has 1 aliphatic heterocycles. The van der Waals surface area contributed by atoms with Gasteiger partial charge in [0, 0.05) is 12.7 Å². The first-order valence-electron chi connectivity index (χ1n) is 6.69. The quantitative estimate of drug-likeness (QED) is 0.845. The van der Waals surface area contributed by atoms with Crippen LogP contribution in [0.2, 0.25) is 0 Å². The molecule has 3 heterocycles. The van der Waals surface area contributed by atoms with Crippen molar-refractivity contribution < 1.29 is 8.42 Å². The predicted octanol–water partition coefficient (Wildman–Crippen LogP) is 1.70. The van der Waals surface area contributed by atoms with Crippen LogP contribution in [0.25, 0.3) is 10.3 Å². The number of nitrogens with zero attached hydrogens (tertiary/aromatic N) is 3. The van der Waals surface area contributed by atoms with Gasteiger partial charge in [-0.05, 0) is 32.0 Å². The van der Waals surface area contributed by atoms with E-state index in [-0.39, 0.29) is 11.0 Å². The Morgan fingerprint density at radius 3 is 3.10 bits per heavy atom. The van der Waals surface area contributed by atoms with E-state index in [2.05, 4.69) is 14.9 Å². The summed E-state index contributed by atoms with van der Waals surface area (Å²) in [6, 6.07) is 3.84. The number of hydrogen-bond donors (Lipinski definition) is 0. The Hall–Kier alpha value is -1.05. The van der Waals surface area contributed by atoms with Crippen LogP contribution >= 0.6 is 11.3 Å². The van der Waals surface area contributed by atoms with Gasteiger partial charge in [0.25, 0.3) is 0 Å². The molecule has 0 bridgehead atoms. The summed E-state index contributed by atoms with van der Waals surface area (Å²) in [5.41, 5.74) is 0.920. The fourth-order valence-corrected chi connectivity index (χ4v) is 4.67. The minimum absolute atomic E-state index is 0.232. The summed E-state index contributed by atoms with van der Waals surface area (Å²) in [5, 5.41) is 0.773. The number of aromatic nitrogens is 2. The zero-order chi connectivity index (χ0) is 14.2. The number of rotatable bonds is 2. The maximum atomic E-state index is 11.9. The van der Waals surface area contributed by atoms with E-state index in [4.69, 9.17) is 0 Å². The number of thiazole rings is 1. The van der Waals surface area contributed by atoms with Crippen LogP contribution in [0.4, 0.5) is 0 Å². The lowest BCUT2D eigenvalue weighted by molar-refractivity contribution is 0.283. The van der Waals surface area contributed by atoms with Crippen LogP contribution < -0.4 is 0 Å². The average Bonchev–Trinajstić information content (AvgIpc) is 2.78. The molecule has 0 aromatic carbocycles. The molecule has 1 saturated heterocycles. The van der Waals surface area contributed by atoms with Crippen LogP contribution in [0.1, 0.15) is 18.4 Å². The first-order chi connectivity index (χ1) is 9.54. The van der Waals surface area contributed by atoms with Gasteiger partial charge in [0.15, 0.2) is 9.84 Å². The lowest BCUT2D eigenvalue weighted by Crippen LogP contribution is -2.26. The van der Waals surface area contributed by atoms with Crippen LogP contribution in [-0.2, 0) is 16.4 Å². The fourth-order valence-electron chi connectivity index (χ4n) is 2.35. The Labute approximate surface area is 122 Å². The Morgan fingerprint density at radius 1 is 1.45 bits per heavy atom. The van der Waals surface area contributed by atoms with Gasteiger partial charge in [-0.1, -0.05) is 11.3 Å². The third kappa shape index (κ3) is 2.84. The van der Waals surface area contributed by atoms with Crippen LogP contribution in [0, 0.1) is 0 Å². The zero-order valence-electron chi connectivity index (χ0n) is 11.3. The summed E-state index contributed by atoms with van der Waals surface area (Å²) < 4.78 is 23.8. The van der Waals surface area contributed by atoms with E-state index in [1.54, 1.807) is 24.5 Å². The van der Waals surface area contributed by atoms with Crippen molar-refractivity contribution in [2.75, 3.05) is 18.8 Å².